The highest BCUT2D eigenvalue weighted by Crippen LogP contribution is 2.25. The van der Waals surface area contributed by atoms with Crippen LogP contribution < -0.4 is 0 Å². The highest BCUT2D eigenvalue weighted by molar-refractivity contribution is 7.91. The van der Waals surface area contributed by atoms with Crippen LogP contribution in [0.15, 0.2) is 16.3 Å². The maximum atomic E-state index is 12.5. The number of thiophene rings is 1. The molecule has 0 N–H and O–H groups in total. The van der Waals surface area contributed by atoms with Crippen molar-refractivity contribution in [3.05, 3.63) is 17.0 Å². The average molecular weight is 330 g/mol. The first-order valence-electron chi connectivity index (χ1n) is 7.46. The molecule has 0 amide bonds. The lowest BCUT2D eigenvalue weighted by molar-refractivity contribution is 0.0617. The molecule has 3 heterocycles. The molecule has 2 fully saturated rings. The second-order valence-electron chi connectivity index (χ2n) is 5.70. The van der Waals surface area contributed by atoms with E-state index in [1.165, 1.54) is 11.3 Å². The van der Waals surface area contributed by atoms with E-state index in [4.69, 9.17) is 4.74 Å². The third-order valence-corrected chi connectivity index (χ3v) is 7.49. The molecule has 1 atom stereocenters. The first-order valence-corrected chi connectivity index (χ1v) is 9.72. The van der Waals surface area contributed by atoms with Gasteiger partial charge in [-0.15, -0.1) is 11.3 Å². The highest BCUT2D eigenvalue weighted by Gasteiger charge is 2.30. The Labute approximate surface area is 130 Å². The van der Waals surface area contributed by atoms with Gasteiger partial charge in [0, 0.05) is 44.2 Å². The Hall–Kier alpha value is -0.470. The summed E-state index contributed by atoms with van der Waals surface area (Å²) in [6.45, 7) is 6.48. The quantitative estimate of drug-likeness (QED) is 0.840. The van der Waals surface area contributed by atoms with Gasteiger partial charge in [0.05, 0.1) is 6.10 Å². The summed E-state index contributed by atoms with van der Waals surface area (Å²) in [5, 5.41) is 0. The van der Waals surface area contributed by atoms with Gasteiger partial charge in [-0.25, -0.2) is 8.42 Å². The summed E-state index contributed by atoms with van der Waals surface area (Å²) in [6.07, 6.45) is 2.62. The van der Waals surface area contributed by atoms with E-state index < -0.39 is 10.0 Å². The van der Waals surface area contributed by atoms with Gasteiger partial charge >= 0.3 is 0 Å². The van der Waals surface area contributed by atoms with Gasteiger partial charge in [-0.2, -0.15) is 4.31 Å². The van der Waals surface area contributed by atoms with Crippen molar-refractivity contribution in [3.8, 4) is 0 Å². The Morgan fingerprint density at radius 2 is 2.05 bits per heavy atom. The monoisotopic (exact) mass is 330 g/mol. The highest BCUT2D eigenvalue weighted by atomic mass is 32.2. The lowest BCUT2D eigenvalue weighted by atomic mass is 10.2. The van der Waals surface area contributed by atoms with Crippen molar-refractivity contribution in [1.82, 2.24) is 9.21 Å². The van der Waals surface area contributed by atoms with Crippen molar-refractivity contribution in [1.29, 1.82) is 0 Å². The fourth-order valence-corrected chi connectivity index (χ4v) is 5.77. The number of nitrogens with zero attached hydrogens (tertiary/aromatic N) is 2. The number of aryl methyl sites for hydroxylation is 1. The molecule has 1 unspecified atom stereocenters. The van der Waals surface area contributed by atoms with Crippen LogP contribution in [0.3, 0.4) is 0 Å². The van der Waals surface area contributed by atoms with Crippen molar-refractivity contribution in [3.63, 3.8) is 0 Å². The number of ether oxygens (including phenoxy) is 1. The third-order valence-electron chi connectivity index (χ3n) is 4.13. The average Bonchev–Trinajstić information content (AvgIpc) is 3.11. The number of sulfonamides is 1. The SMILES string of the molecule is Cc1ccc(S(=O)(=O)N2CCN(CC3CCCO3)CC2)s1. The van der Waals surface area contributed by atoms with Gasteiger partial charge in [0.1, 0.15) is 4.21 Å². The van der Waals surface area contributed by atoms with Crippen LogP contribution >= 0.6 is 11.3 Å². The molecule has 118 valence electrons. The summed E-state index contributed by atoms with van der Waals surface area (Å²) >= 11 is 1.35. The maximum absolute atomic E-state index is 12.5. The second-order valence-corrected chi connectivity index (χ2v) is 9.16. The first kappa shape index (κ1) is 15.4. The van der Waals surface area contributed by atoms with E-state index in [9.17, 15) is 8.42 Å². The Morgan fingerprint density at radius 3 is 2.62 bits per heavy atom. The van der Waals surface area contributed by atoms with Crippen molar-refractivity contribution < 1.29 is 13.2 Å². The number of hydrogen-bond donors (Lipinski definition) is 0. The van der Waals surface area contributed by atoms with Crippen LogP contribution in [0.1, 0.15) is 17.7 Å². The van der Waals surface area contributed by atoms with Gasteiger partial charge in [0.25, 0.3) is 10.0 Å². The molecule has 2 aliphatic heterocycles. The van der Waals surface area contributed by atoms with Gasteiger partial charge in [0.15, 0.2) is 0 Å². The molecule has 3 rings (SSSR count). The van der Waals surface area contributed by atoms with Crippen LogP contribution in [0.5, 0.6) is 0 Å². The Kier molecular flexibility index (Phi) is 4.66. The minimum atomic E-state index is -3.30. The molecule has 0 aromatic carbocycles. The van der Waals surface area contributed by atoms with Crippen LogP contribution in [0.4, 0.5) is 0 Å². The van der Waals surface area contributed by atoms with E-state index in [-0.39, 0.29) is 0 Å². The number of rotatable bonds is 4. The molecule has 1 aromatic rings. The van der Waals surface area contributed by atoms with Crippen LogP contribution in [0.25, 0.3) is 0 Å². The first-order chi connectivity index (χ1) is 10.1. The van der Waals surface area contributed by atoms with Gasteiger partial charge < -0.3 is 4.74 Å². The zero-order valence-electron chi connectivity index (χ0n) is 12.3. The zero-order chi connectivity index (χ0) is 14.9. The minimum Gasteiger partial charge on any atom is -0.377 e. The molecule has 5 nitrogen and oxygen atoms in total. The molecule has 0 saturated carbocycles. The maximum Gasteiger partial charge on any atom is 0.252 e. The summed E-state index contributed by atoms with van der Waals surface area (Å²) in [7, 11) is -3.30. The van der Waals surface area contributed by atoms with Gasteiger partial charge in [0.2, 0.25) is 0 Å². The summed E-state index contributed by atoms with van der Waals surface area (Å²) in [5.74, 6) is 0. The van der Waals surface area contributed by atoms with Crippen molar-refractivity contribution in [2.24, 2.45) is 0 Å². The Bertz CT molecular complexity index is 571. The molecule has 0 spiro atoms. The molecule has 21 heavy (non-hydrogen) atoms. The predicted octanol–water partition coefficient (Wildman–Crippen LogP) is 1.54. The standard InChI is InChI=1S/C14H22N2O3S2/c1-12-4-5-14(20-12)21(17,18)16-8-6-15(7-9-16)11-13-3-2-10-19-13/h4-5,13H,2-3,6-11H2,1H3. The zero-order valence-corrected chi connectivity index (χ0v) is 14.0. The van der Waals surface area contributed by atoms with Crippen LogP contribution in [0, 0.1) is 6.92 Å². The summed E-state index contributed by atoms with van der Waals surface area (Å²) < 4.78 is 32.8. The Balaban J connectivity index is 1.57. The largest absolute Gasteiger partial charge is 0.377 e. The molecule has 0 radical (unpaired) electrons. The van der Waals surface area contributed by atoms with E-state index in [1.807, 2.05) is 13.0 Å². The molecular weight excluding hydrogens is 308 g/mol. The van der Waals surface area contributed by atoms with E-state index >= 15 is 0 Å². The molecule has 7 heteroatoms. The van der Waals surface area contributed by atoms with Crippen molar-refractivity contribution in [2.45, 2.75) is 30.1 Å². The third kappa shape index (κ3) is 3.48. The fraction of sp³-hybridized carbons (Fsp3) is 0.714. The minimum absolute atomic E-state index is 0.341. The lowest BCUT2D eigenvalue weighted by Crippen LogP contribution is -2.50. The smallest absolute Gasteiger partial charge is 0.252 e. The van der Waals surface area contributed by atoms with Crippen molar-refractivity contribution in [2.75, 3.05) is 39.3 Å². The molecule has 2 aliphatic rings. The van der Waals surface area contributed by atoms with E-state index in [0.717, 1.165) is 44.0 Å². The molecular formula is C14H22N2O3S2. The Morgan fingerprint density at radius 1 is 1.29 bits per heavy atom. The summed E-state index contributed by atoms with van der Waals surface area (Å²) in [4.78, 5) is 3.35. The molecule has 2 saturated heterocycles. The second kappa shape index (κ2) is 6.34. The normalized spacial score (nSPS) is 25.5. The van der Waals surface area contributed by atoms with Crippen molar-refractivity contribution >= 4 is 21.4 Å². The summed E-state index contributed by atoms with van der Waals surface area (Å²) in [6, 6.07) is 3.58. The van der Waals surface area contributed by atoms with Crippen LogP contribution in [-0.2, 0) is 14.8 Å². The summed E-state index contributed by atoms with van der Waals surface area (Å²) in [5.41, 5.74) is 0. The van der Waals surface area contributed by atoms with Gasteiger partial charge in [-0.05, 0) is 31.9 Å². The number of hydrogen-bond acceptors (Lipinski definition) is 5. The fourth-order valence-electron chi connectivity index (χ4n) is 2.91. The van der Waals surface area contributed by atoms with Crippen LogP contribution in [0.2, 0.25) is 0 Å². The van der Waals surface area contributed by atoms with E-state index in [1.54, 1.807) is 10.4 Å². The predicted molar refractivity (Wildman–Crippen MR) is 83.2 cm³/mol. The van der Waals surface area contributed by atoms with Gasteiger partial charge in [-0.1, -0.05) is 0 Å². The van der Waals surface area contributed by atoms with Crippen LogP contribution in [-0.4, -0.2) is 63.1 Å². The molecule has 0 bridgehead atoms. The van der Waals surface area contributed by atoms with E-state index in [2.05, 4.69) is 4.90 Å². The van der Waals surface area contributed by atoms with E-state index in [0.29, 0.717) is 23.4 Å². The topological polar surface area (TPSA) is 49.9 Å². The molecule has 0 aliphatic carbocycles. The van der Waals surface area contributed by atoms with Gasteiger partial charge in [-0.3, -0.25) is 4.90 Å². The molecule has 1 aromatic heterocycles. The lowest BCUT2D eigenvalue weighted by Gasteiger charge is -2.34. The number of piperazine rings is 1.